The average Bonchev–Trinajstić information content (AvgIpc) is 3.28. The summed E-state index contributed by atoms with van der Waals surface area (Å²) in [5.74, 6) is 1.84. The minimum atomic E-state index is -0.349. The van der Waals surface area contributed by atoms with Gasteiger partial charge in [-0.3, -0.25) is 10.1 Å². The minimum absolute atomic E-state index is 0.172. The first kappa shape index (κ1) is 12.6. The maximum absolute atomic E-state index is 10.6. The first-order valence-corrected chi connectivity index (χ1v) is 7.21. The van der Waals surface area contributed by atoms with Crippen LogP contribution < -0.4 is 5.32 Å². The van der Waals surface area contributed by atoms with Crippen LogP contribution >= 0.6 is 0 Å². The highest BCUT2D eigenvalue weighted by Gasteiger charge is 2.40. The molecule has 19 heavy (non-hydrogen) atoms. The van der Waals surface area contributed by atoms with Gasteiger partial charge >= 0.3 is 0 Å². The lowest BCUT2D eigenvalue weighted by atomic mass is 10.1. The molecule has 0 saturated heterocycles. The van der Waals surface area contributed by atoms with Crippen molar-refractivity contribution in [1.82, 2.24) is 5.32 Å². The van der Waals surface area contributed by atoms with Gasteiger partial charge in [0.2, 0.25) is 0 Å². The van der Waals surface area contributed by atoms with Gasteiger partial charge in [-0.05, 0) is 56.0 Å². The molecule has 4 heteroatoms. The highest BCUT2D eigenvalue weighted by atomic mass is 16.6. The monoisotopic (exact) mass is 260 g/mol. The molecule has 2 saturated carbocycles. The molecule has 2 fully saturated rings. The van der Waals surface area contributed by atoms with Crippen LogP contribution in [-0.2, 0) is 6.42 Å². The van der Waals surface area contributed by atoms with E-state index in [9.17, 15) is 10.1 Å². The predicted octanol–water partition coefficient (Wildman–Crippen LogP) is 2.92. The van der Waals surface area contributed by atoms with Crippen LogP contribution in [-0.4, -0.2) is 17.5 Å². The van der Waals surface area contributed by atoms with Gasteiger partial charge < -0.3 is 5.32 Å². The van der Waals surface area contributed by atoms with Crippen molar-refractivity contribution in [3.63, 3.8) is 0 Å². The van der Waals surface area contributed by atoms with Gasteiger partial charge in [0.25, 0.3) is 5.69 Å². The number of nitro groups is 1. The first-order valence-electron chi connectivity index (χ1n) is 7.21. The van der Waals surface area contributed by atoms with Crippen molar-refractivity contribution in [2.45, 2.75) is 38.1 Å². The molecule has 1 N–H and O–H groups in total. The summed E-state index contributed by atoms with van der Waals surface area (Å²) in [5, 5.41) is 14.3. The lowest BCUT2D eigenvalue weighted by Gasteiger charge is -2.17. The van der Waals surface area contributed by atoms with Crippen molar-refractivity contribution in [2.24, 2.45) is 11.8 Å². The van der Waals surface area contributed by atoms with E-state index in [1.54, 1.807) is 12.1 Å². The van der Waals surface area contributed by atoms with E-state index in [2.05, 4.69) is 5.32 Å². The number of rotatable bonds is 7. The fraction of sp³-hybridized carbons (Fsp3) is 0.600. The highest BCUT2D eigenvalue weighted by Crippen LogP contribution is 2.44. The Labute approximate surface area is 113 Å². The number of benzene rings is 1. The van der Waals surface area contributed by atoms with Crippen LogP contribution in [0.4, 0.5) is 5.69 Å². The van der Waals surface area contributed by atoms with Crippen molar-refractivity contribution >= 4 is 5.69 Å². The summed E-state index contributed by atoms with van der Waals surface area (Å²) in [6.07, 6.45) is 6.53. The van der Waals surface area contributed by atoms with Crippen LogP contribution in [0.25, 0.3) is 0 Å². The van der Waals surface area contributed by atoms with Crippen molar-refractivity contribution in [3.05, 3.63) is 39.9 Å². The number of hydrogen-bond acceptors (Lipinski definition) is 3. The van der Waals surface area contributed by atoms with E-state index >= 15 is 0 Å². The molecule has 0 aliphatic heterocycles. The number of non-ortho nitro benzene ring substituents is 1. The van der Waals surface area contributed by atoms with E-state index in [1.165, 1.54) is 31.2 Å². The lowest BCUT2D eigenvalue weighted by Crippen LogP contribution is -2.34. The summed E-state index contributed by atoms with van der Waals surface area (Å²) in [5.41, 5.74) is 1.34. The molecule has 0 radical (unpaired) electrons. The normalized spacial score (nSPS) is 18.8. The number of hydrogen-bond donors (Lipinski definition) is 1. The standard InChI is InChI=1S/C15H20N2O2/c18-17(19)14-7-1-11(2-8-14)9-10-16-15(12-3-4-12)13-5-6-13/h1-2,7-8,12-13,15-16H,3-6,9-10H2. The van der Waals surface area contributed by atoms with Crippen LogP contribution in [0.5, 0.6) is 0 Å². The molecule has 2 aliphatic carbocycles. The average molecular weight is 260 g/mol. The van der Waals surface area contributed by atoms with E-state index in [0.717, 1.165) is 30.8 Å². The van der Waals surface area contributed by atoms with Gasteiger partial charge in [0.15, 0.2) is 0 Å². The fourth-order valence-electron chi connectivity index (χ4n) is 2.80. The van der Waals surface area contributed by atoms with Crippen LogP contribution in [0.2, 0.25) is 0 Å². The first-order chi connectivity index (χ1) is 9.24. The van der Waals surface area contributed by atoms with Gasteiger partial charge in [-0.15, -0.1) is 0 Å². The molecule has 0 aromatic heterocycles. The van der Waals surface area contributed by atoms with E-state index < -0.39 is 0 Å². The summed E-state index contributed by atoms with van der Waals surface area (Å²) in [6.45, 7) is 0.982. The third-order valence-corrected chi connectivity index (χ3v) is 4.20. The molecule has 1 aromatic carbocycles. The molecule has 0 atom stereocenters. The zero-order valence-corrected chi connectivity index (χ0v) is 11.0. The second-order valence-electron chi connectivity index (χ2n) is 5.83. The van der Waals surface area contributed by atoms with Crippen molar-refractivity contribution < 1.29 is 4.92 Å². The Morgan fingerprint density at radius 3 is 2.21 bits per heavy atom. The number of nitrogens with zero attached hydrogens (tertiary/aromatic N) is 1. The molecular weight excluding hydrogens is 240 g/mol. The zero-order valence-electron chi connectivity index (χ0n) is 11.0. The van der Waals surface area contributed by atoms with Gasteiger partial charge in [0.05, 0.1) is 4.92 Å². The Bertz CT molecular complexity index is 438. The maximum atomic E-state index is 10.6. The Balaban J connectivity index is 1.47. The number of nitrogens with one attached hydrogen (secondary N) is 1. The molecule has 0 heterocycles. The molecule has 4 nitrogen and oxygen atoms in total. The lowest BCUT2D eigenvalue weighted by molar-refractivity contribution is -0.384. The third kappa shape index (κ3) is 3.32. The van der Waals surface area contributed by atoms with Crippen LogP contribution in [0.15, 0.2) is 24.3 Å². The van der Waals surface area contributed by atoms with Crippen LogP contribution in [0.1, 0.15) is 31.2 Å². The Kier molecular flexibility index (Phi) is 3.51. The summed E-state index contributed by atoms with van der Waals surface area (Å²) in [7, 11) is 0. The molecule has 2 aliphatic rings. The van der Waals surface area contributed by atoms with Crippen LogP contribution in [0.3, 0.4) is 0 Å². The molecule has 0 spiro atoms. The molecule has 1 aromatic rings. The fourth-order valence-corrected chi connectivity index (χ4v) is 2.80. The van der Waals surface area contributed by atoms with Crippen molar-refractivity contribution in [2.75, 3.05) is 6.54 Å². The summed E-state index contributed by atoms with van der Waals surface area (Å²) < 4.78 is 0. The molecule has 102 valence electrons. The largest absolute Gasteiger partial charge is 0.313 e. The van der Waals surface area contributed by atoms with E-state index in [-0.39, 0.29) is 10.6 Å². The van der Waals surface area contributed by atoms with Crippen LogP contribution in [0, 0.1) is 22.0 Å². The molecule has 0 bridgehead atoms. The SMILES string of the molecule is O=[N+]([O-])c1ccc(CCNC(C2CC2)C2CC2)cc1. The Morgan fingerprint density at radius 1 is 1.16 bits per heavy atom. The smallest absolute Gasteiger partial charge is 0.269 e. The van der Waals surface area contributed by atoms with E-state index in [4.69, 9.17) is 0 Å². The van der Waals surface area contributed by atoms with Gasteiger partial charge in [-0.25, -0.2) is 0 Å². The summed E-state index contributed by atoms with van der Waals surface area (Å²) in [4.78, 5) is 10.2. The minimum Gasteiger partial charge on any atom is -0.313 e. The Morgan fingerprint density at radius 2 is 1.74 bits per heavy atom. The van der Waals surface area contributed by atoms with E-state index in [1.807, 2.05) is 12.1 Å². The summed E-state index contributed by atoms with van der Waals surface area (Å²) in [6, 6.07) is 7.65. The zero-order chi connectivity index (χ0) is 13.2. The highest BCUT2D eigenvalue weighted by molar-refractivity contribution is 5.32. The van der Waals surface area contributed by atoms with Crippen molar-refractivity contribution in [1.29, 1.82) is 0 Å². The summed E-state index contributed by atoms with van der Waals surface area (Å²) >= 11 is 0. The molecular formula is C15H20N2O2. The van der Waals surface area contributed by atoms with Crippen molar-refractivity contribution in [3.8, 4) is 0 Å². The maximum Gasteiger partial charge on any atom is 0.269 e. The Hall–Kier alpha value is -1.42. The van der Waals surface area contributed by atoms with Gasteiger partial charge in [-0.2, -0.15) is 0 Å². The molecule has 0 amide bonds. The second-order valence-corrected chi connectivity index (χ2v) is 5.83. The van der Waals surface area contributed by atoms with Gasteiger partial charge in [-0.1, -0.05) is 12.1 Å². The molecule has 3 rings (SSSR count). The third-order valence-electron chi connectivity index (χ3n) is 4.20. The van der Waals surface area contributed by atoms with Gasteiger partial charge in [0, 0.05) is 18.2 Å². The second kappa shape index (κ2) is 5.29. The number of nitro benzene ring substituents is 1. The van der Waals surface area contributed by atoms with E-state index in [0.29, 0.717) is 0 Å². The quantitative estimate of drug-likeness (QED) is 0.606. The topological polar surface area (TPSA) is 55.2 Å². The predicted molar refractivity (Wildman–Crippen MR) is 74.0 cm³/mol. The van der Waals surface area contributed by atoms with Gasteiger partial charge in [0.1, 0.15) is 0 Å². The molecule has 0 unspecified atom stereocenters.